The summed E-state index contributed by atoms with van der Waals surface area (Å²) in [6, 6.07) is 3.57. The number of rotatable bonds is 3. The van der Waals surface area contributed by atoms with Crippen molar-refractivity contribution >= 4 is 23.3 Å². The summed E-state index contributed by atoms with van der Waals surface area (Å²) in [7, 11) is 0. The van der Waals surface area contributed by atoms with E-state index in [-0.39, 0.29) is 11.6 Å². The van der Waals surface area contributed by atoms with E-state index in [2.05, 4.69) is 10.3 Å². The molecule has 2 heterocycles. The third-order valence-corrected chi connectivity index (χ3v) is 2.51. The van der Waals surface area contributed by atoms with Crippen molar-refractivity contribution in [2.24, 2.45) is 0 Å². The Morgan fingerprint density at radius 1 is 1.56 bits per heavy atom. The predicted octanol–water partition coefficient (Wildman–Crippen LogP) is 1.01. The summed E-state index contributed by atoms with van der Waals surface area (Å²) < 4.78 is 5.28. The molecule has 0 saturated carbocycles. The molecular weight excluding hydrogens is 256 g/mol. The second-order valence-electron chi connectivity index (χ2n) is 3.55. The monoisotopic (exact) mass is 266 g/mol. The van der Waals surface area contributed by atoms with Gasteiger partial charge in [-0.15, -0.1) is 11.6 Å². The number of halogens is 1. The minimum absolute atomic E-state index is 0.177. The van der Waals surface area contributed by atoms with E-state index in [1.165, 1.54) is 0 Å². The number of ether oxygens (including phenoxy) is 1. The summed E-state index contributed by atoms with van der Waals surface area (Å²) in [5, 5.41) is 12.2. The highest BCUT2D eigenvalue weighted by Crippen LogP contribution is 2.22. The lowest BCUT2D eigenvalue weighted by Crippen LogP contribution is -2.33. The molecule has 0 aliphatic carbocycles. The van der Waals surface area contributed by atoms with Gasteiger partial charge in [0.05, 0.1) is 5.70 Å². The van der Waals surface area contributed by atoms with Gasteiger partial charge in [-0.1, -0.05) is 0 Å². The molecule has 1 aliphatic rings. The Bertz CT molecular complexity index is 499. The smallest absolute Gasteiger partial charge is 0.239 e. The van der Waals surface area contributed by atoms with Gasteiger partial charge in [0.25, 0.3) is 0 Å². The van der Waals surface area contributed by atoms with E-state index in [9.17, 15) is 9.90 Å². The van der Waals surface area contributed by atoms with E-state index >= 15 is 0 Å². The Labute approximate surface area is 109 Å². The number of nitrogens with one attached hydrogen (secondary N) is 1. The maximum Gasteiger partial charge on any atom is 0.239 e. The van der Waals surface area contributed by atoms with Crippen molar-refractivity contribution in [2.45, 2.75) is 6.29 Å². The van der Waals surface area contributed by atoms with Gasteiger partial charge >= 0.3 is 0 Å². The number of alkyl halides is 1. The number of carbonyl (C=O) groups is 1. The zero-order valence-corrected chi connectivity index (χ0v) is 10.1. The zero-order valence-electron chi connectivity index (χ0n) is 9.34. The number of aliphatic hydroxyl groups excluding tert-OH is 1. The average molecular weight is 267 g/mol. The summed E-state index contributed by atoms with van der Waals surface area (Å²) in [4.78, 5) is 15.1. The third-order valence-electron chi connectivity index (χ3n) is 2.27. The first-order chi connectivity index (χ1) is 8.70. The van der Waals surface area contributed by atoms with Crippen molar-refractivity contribution in [1.29, 1.82) is 0 Å². The van der Waals surface area contributed by atoms with Crippen LogP contribution >= 0.6 is 11.6 Å². The first kappa shape index (κ1) is 12.6. The SMILES string of the molecule is O=C(CCl)NC1=CC=C(c2cccnc2)OC1O. The highest BCUT2D eigenvalue weighted by atomic mass is 35.5. The molecule has 1 amide bonds. The van der Waals surface area contributed by atoms with Crippen molar-refractivity contribution in [3.63, 3.8) is 0 Å². The van der Waals surface area contributed by atoms with Crippen LogP contribution in [-0.4, -0.2) is 28.2 Å². The predicted molar refractivity (Wildman–Crippen MR) is 66.3 cm³/mol. The minimum Gasteiger partial charge on any atom is -0.459 e. The number of carbonyl (C=O) groups excluding carboxylic acids is 1. The lowest BCUT2D eigenvalue weighted by Gasteiger charge is -2.22. The van der Waals surface area contributed by atoms with Crippen molar-refractivity contribution in [1.82, 2.24) is 10.3 Å². The van der Waals surface area contributed by atoms with Crippen LogP contribution in [0.25, 0.3) is 5.76 Å². The Hall–Kier alpha value is -1.85. The van der Waals surface area contributed by atoms with Crippen molar-refractivity contribution in [3.05, 3.63) is 47.9 Å². The van der Waals surface area contributed by atoms with Gasteiger partial charge in [-0.2, -0.15) is 0 Å². The number of allylic oxidation sites excluding steroid dienone is 2. The summed E-state index contributed by atoms with van der Waals surface area (Å²) in [6.45, 7) is 0. The van der Waals surface area contributed by atoms with Gasteiger partial charge in [0, 0.05) is 18.0 Å². The molecule has 0 saturated heterocycles. The van der Waals surface area contributed by atoms with E-state index in [4.69, 9.17) is 16.3 Å². The van der Waals surface area contributed by atoms with E-state index in [0.29, 0.717) is 5.76 Å². The van der Waals surface area contributed by atoms with Gasteiger partial charge in [0.1, 0.15) is 11.6 Å². The zero-order chi connectivity index (χ0) is 13.0. The molecular formula is C12H11ClN2O3. The fourth-order valence-corrected chi connectivity index (χ4v) is 1.51. The molecule has 1 unspecified atom stereocenters. The number of hydrogen-bond acceptors (Lipinski definition) is 4. The molecule has 0 spiro atoms. The molecule has 18 heavy (non-hydrogen) atoms. The summed E-state index contributed by atoms with van der Waals surface area (Å²) in [5.74, 6) is -0.0910. The Kier molecular flexibility index (Phi) is 3.96. The highest BCUT2D eigenvalue weighted by molar-refractivity contribution is 6.27. The average Bonchev–Trinajstić information content (AvgIpc) is 2.42. The Morgan fingerprint density at radius 2 is 2.39 bits per heavy atom. The van der Waals surface area contributed by atoms with Gasteiger partial charge in [0.15, 0.2) is 0 Å². The molecule has 0 aromatic carbocycles. The maximum atomic E-state index is 11.1. The van der Waals surface area contributed by atoms with Crippen LogP contribution in [-0.2, 0) is 9.53 Å². The van der Waals surface area contributed by atoms with Crippen molar-refractivity contribution in [3.8, 4) is 0 Å². The normalized spacial score (nSPS) is 18.4. The first-order valence-corrected chi connectivity index (χ1v) is 5.77. The van der Waals surface area contributed by atoms with Crippen LogP contribution in [0, 0.1) is 0 Å². The second-order valence-corrected chi connectivity index (χ2v) is 3.81. The molecule has 1 aromatic rings. The number of nitrogens with zero attached hydrogens (tertiary/aromatic N) is 1. The van der Waals surface area contributed by atoms with E-state index in [0.717, 1.165) is 5.56 Å². The van der Waals surface area contributed by atoms with Crippen LogP contribution in [0.1, 0.15) is 5.56 Å². The van der Waals surface area contributed by atoms with Gasteiger partial charge in [-0.05, 0) is 24.3 Å². The number of hydrogen-bond donors (Lipinski definition) is 2. The highest BCUT2D eigenvalue weighted by Gasteiger charge is 2.20. The molecule has 0 fully saturated rings. The van der Waals surface area contributed by atoms with Crippen LogP contribution in [0.15, 0.2) is 42.4 Å². The molecule has 0 radical (unpaired) electrons. The van der Waals surface area contributed by atoms with Crippen LogP contribution < -0.4 is 5.32 Å². The van der Waals surface area contributed by atoms with Crippen molar-refractivity contribution in [2.75, 3.05) is 5.88 Å². The molecule has 0 bridgehead atoms. The van der Waals surface area contributed by atoms with Crippen LogP contribution in [0.3, 0.4) is 0 Å². The lowest BCUT2D eigenvalue weighted by molar-refractivity contribution is -0.119. The minimum atomic E-state index is -1.22. The standard InChI is InChI=1S/C12H11ClN2O3/c13-6-11(16)15-9-3-4-10(18-12(9)17)8-2-1-5-14-7-8/h1-5,7,12,17H,6H2,(H,15,16). The van der Waals surface area contributed by atoms with E-state index in [1.807, 2.05) is 6.07 Å². The Balaban J connectivity index is 2.16. The first-order valence-electron chi connectivity index (χ1n) is 5.23. The Morgan fingerprint density at radius 3 is 3.00 bits per heavy atom. The number of pyridine rings is 1. The van der Waals surface area contributed by atoms with Gasteiger partial charge < -0.3 is 15.2 Å². The third kappa shape index (κ3) is 2.88. The molecule has 5 nitrogen and oxygen atoms in total. The van der Waals surface area contributed by atoms with Gasteiger partial charge in [-0.25, -0.2) is 0 Å². The number of aliphatic hydroxyl groups is 1. The van der Waals surface area contributed by atoms with Crippen LogP contribution in [0.4, 0.5) is 0 Å². The molecule has 6 heteroatoms. The van der Waals surface area contributed by atoms with Crippen LogP contribution in [0.2, 0.25) is 0 Å². The van der Waals surface area contributed by atoms with Gasteiger partial charge in [0.2, 0.25) is 12.2 Å². The molecule has 1 atom stereocenters. The number of aromatic nitrogens is 1. The fourth-order valence-electron chi connectivity index (χ4n) is 1.44. The summed E-state index contributed by atoms with van der Waals surface area (Å²) >= 11 is 5.36. The summed E-state index contributed by atoms with van der Waals surface area (Å²) in [6.07, 6.45) is 5.26. The maximum absolute atomic E-state index is 11.1. The topological polar surface area (TPSA) is 71.5 Å². The lowest BCUT2D eigenvalue weighted by atomic mass is 10.2. The fraction of sp³-hybridized carbons (Fsp3) is 0.167. The van der Waals surface area contributed by atoms with Crippen molar-refractivity contribution < 1.29 is 14.6 Å². The molecule has 94 valence electrons. The molecule has 1 aromatic heterocycles. The largest absolute Gasteiger partial charge is 0.459 e. The van der Waals surface area contributed by atoms with E-state index < -0.39 is 12.2 Å². The second kappa shape index (κ2) is 5.66. The quantitative estimate of drug-likeness (QED) is 0.801. The van der Waals surface area contributed by atoms with E-state index in [1.54, 1.807) is 30.6 Å². The van der Waals surface area contributed by atoms with Gasteiger partial charge in [-0.3, -0.25) is 9.78 Å². The number of amides is 1. The van der Waals surface area contributed by atoms with Crippen LogP contribution in [0.5, 0.6) is 0 Å². The molecule has 2 rings (SSSR count). The molecule has 1 aliphatic heterocycles. The molecule has 2 N–H and O–H groups in total. The summed E-state index contributed by atoms with van der Waals surface area (Å²) in [5.41, 5.74) is 1.00.